The highest BCUT2D eigenvalue weighted by Gasteiger charge is 2.41. The molecule has 1 aromatic heterocycles. The lowest BCUT2D eigenvalue weighted by Crippen LogP contribution is -2.60. The number of amides is 2. The molecule has 1 aliphatic carbocycles. The standard InChI is InChI=1S/C20H26N4O3/c21-18(26)20(10-4-1-5-11-20)23-17(25)14-8-12-24(13-9-14)19-22-15-6-2-3-7-16(15)27-19/h2-3,6-7,14H,1,4-5,8-13H2,(H2,21,26)(H,23,25). The molecule has 1 saturated carbocycles. The van der Waals surface area contributed by atoms with Crippen molar-refractivity contribution in [1.82, 2.24) is 10.3 Å². The summed E-state index contributed by atoms with van der Waals surface area (Å²) in [5, 5.41) is 3.01. The fourth-order valence-electron chi connectivity index (χ4n) is 4.25. The third kappa shape index (κ3) is 3.50. The maximum atomic E-state index is 12.8. The van der Waals surface area contributed by atoms with Gasteiger partial charge in [0.15, 0.2) is 5.58 Å². The number of aromatic nitrogens is 1. The topological polar surface area (TPSA) is 101 Å². The van der Waals surface area contributed by atoms with E-state index in [9.17, 15) is 9.59 Å². The van der Waals surface area contributed by atoms with Crippen LogP contribution < -0.4 is 16.0 Å². The number of rotatable bonds is 4. The second kappa shape index (κ2) is 7.21. The van der Waals surface area contributed by atoms with Crippen LogP contribution in [-0.4, -0.2) is 35.4 Å². The van der Waals surface area contributed by atoms with Crippen molar-refractivity contribution in [2.75, 3.05) is 18.0 Å². The zero-order valence-corrected chi connectivity index (χ0v) is 15.4. The third-order valence-electron chi connectivity index (χ3n) is 5.96. The lowest BCUT2D eigenvalue weighted by molar-refractivity contribution is -0.135. The second-order valence-electron chi connectivity index (χ2n) is 7.72. The second-order valence-corrected chi connectivity index (χ2v) is 7.72. The molecule has 2 fully saturated rings. The number of para-hydroxylation sites is 2. The van der Waals surface area contributed by atoms with Crippen LogP contribution in [0.1, 0.15) is 44.9 Å². The van der Waals surface area contributed by atoms with Gasteiger partial charge in [-0.15, -0.1) is 0 Å². The summed E-state index contributed by atoms with van der Waals surface area (Å²) in [7, 11) is 0. The van der Waals surface area contributed by atoms with Gasteiger partial charge in [-0.1, -0.05) is 31.4 Å². The van der Waals surface area contributed by atoms with Gasteiger partial charge < -0.3 is 20.4 Å². The molecule has 144 valence electrons. The molecule has 7 heteroatoms. The Kier molecular flexibility index (Phi) is 4.76. The van der Waals surface area contributed by atoms with E-state index >= 15 is 0 Å². The Balaban J connectivity index is 1.38. The van der Waals surface area contributed by atoms with E-state index in [1.54, 1.807) is 0 Å². The van der Waals surface area contributed by atoms with Crippen molar-refractivity contribution >= 4 is 28.9 Å². The minimum atomic E-state index is -0.854. The number of piperidine rings is 1. The summed E-state index contributed by atoms with van der Waals surface area (Å²) >= 11 is 0. The Labute approximate surface area is 158 Å². The van der Waals surface area contributed by atoms with E-state index in [4.69, 9.17) is 10.2 Å². The van der Waals surface area contributed by atoms with Crippen LogP contribution in [0.3, 0.4) is 0 Å². The molecule has 2 amide bonds. The van der Waals surface area contributed by atoms with Gasteiger partial charge in [-0.2, -0.15) is 4.98 Å². The third-order valence-corrected chi connectivity index (χ3v) is 5.96. The molecule has 2 heterocycles. The van der Waals surface area contributed by atoms with E-state index < -0.39 is 11.4 Å². The summed E-state index contributed by atoms with van der Waals surface area (Å²) in [6.07, 6.45) is 5.66. The number of benzene rings is 1. The first kappa shape index (κ1) is 17.8. The first-order chi connectivity index (χ1) is 13.1. The lowest BCUT2D eigenvalue weighted by atomic mass is 9.80. The molecule has 3 N–H and O–H groups in total. The van der Waals surface area contributed by atoms with Crippen LogP contribution in [0.25, 0.3) is 11.1 Å². The fourth-order valence-corrected chi connectivity index (χ4v) is 4.25. The van der Waals surface area contributed by atoms with Crippen LogP contribution in [0.5, 0.6) is 0 Å². The highest BCUT2D eigenvalue weighted by atomic mass is 16.4. The first-order valence-electron chi connectivity index (χ1n) is 9.80. The molecule has 1 saturated heterocycles. The fraction of sp³-hybridized carbons (Fsp3) is 0.550. The number of nitrogens with two attached hydrogens (primary N) is 1. The van der Waals surface area contributed by atoms with Crippen molar-refractivity contribution < 1.29 is 14.0 Å². The van der Waals surface area contributed by atoms with Gasteiger partial charge >= 0.3 is 0 Å². The highest BCUT2D eigenvalue weighted by Crippen LogP contribution is 2.30. The predicted octanol–water partition coefficient (Wildman–Crippen LogP) is 2.35. The van der Waals surface area contributed by atoms with Crippen molar-refractivity contribution in [3.63, 3.8) is 0 Å². The Hall–Kier alpha value is -2.57. The van der Waals surface area contributed by atoms with Gasteiger partial charge in [-0.05, 0) is 37.8 Å². The minimum Gasteiger partial charge on any atom is -0.423 e. The van der Waals surface area contributed by atoms with Crippen LogP contribution in [0.2, 0.25) is 0 Å². The number of carbonyl (C=O) groups excluding carboxylic acids is 2. The molecule has 0 spiro atoms. The minimum absolute atomic E-state index is 0.0482. The Bertz CT molecular complexity index is 800. The van der Waals surface area contributed by atoms with Crippen molar-refractivity contribution in [3.05, 3.63) is 24.3 Å². The number of nitrogens with one attached hydrogen (secondary N) is 1. The molecule has 0 radical (unpaired) electrons. The predicted molar refractivity (Wildman–Crippen MR) is 102 cm³/mol. The average molecular weight is 370 g/mol. The Morgan fingerprint density at radius 1 is 1.15 bits per heavy atom. The van der Waals surface area contributed by atoms with Crippen LogP contribution in [0.15, 0.2) is 28.7 Å². The zero-order chi connectivity index (χ0) is 18.9. The van der Waals surface area contributed by atoms with Gasteiger partial charge in [0.2, 0.25) is 11.8 Å². The number of anilines is 1. The van der Waals surface area contributed by atoms with Crippen molar-refractivity contribution in [2.24, 2.45) is 11.7 Å². The summed E-state index contributed by atoms with van der Waals surface area (Å²) in [5.41, 5.74) is 6.39. The monoisotopic (exact) mass is 370 g/mol. The molecule has 7 nitrogen and oxygen atoms in total. The molecule has 2 aliphatic rings. The summed E-state index contributed by atoms with van der Waals surface area (Å²) < 4.78 is 5.83. The lowest BCUT2D eigenvalue weighted by Gasteiger charge is -2.37. The quantitative estimate of drug-likeness (QED) is 0.860. The van der Waals surface area contributed by atoms with Crippen LogP contribution in [0, 0.1) is 5.92 Å². The summed E-state index contributed by atoms with van der Waals surface area (Å²) in [4.78, 5) is 31.4. The smallest absolute Gasteiger partial charge is 0.298 e. The van der Waals surface area contributed by atoms with Crippen LogP contribution in [0.4, 0.5) is 6.01 Å². The van der Waals surface area contributed by atoms with Crippen LogP contribution in [-0.2, 0) is 9.59 Å². The van der Waals surface area contributed by atoms with E-state index in [0.29, 0.717) is 44.8 Å². The largest absolute Gasteiger partial charge is 0.423 e. The SMILES string of the molecule is NC(=O)C1(NC(=O)C2CCN(c3nc4ccccc4o3)CC2)CCCCC1. The average Bonchev–Trinajstić information content (AvgIpc) is 3.13. The molecular weight excluding hydrogens is 344 g/mol. The highest BCUT2D eigenvalue weighted by molar-refractivity contribution is 5.91. The van der Waals surface area contributed by atoms with Crippen molar-refractivity contribution in [3.8, 4) is 0 Å². The molecule has 2 aromatic rings. The molecule has 1 aromatic carbocycles. The zero-order valence-electron chi connectivity index (χ0n) is 15.4. The molecule has 0 unspecified atom stereocenters. The Morgan fingerprint density at radius 2 is 1.85 bits per heavy atom. The van der Waals surface area contributed by atoms with Gasteiger partial charge in [-0.25, -0.2) is 0 Å². The number of nitrogens with zero attached hydrogens (tertiary/aromatic N) is 2. The van der Waals surface area contributed by atoms with Gasteiger partial charge in [0, 0.05) is 19.0 Å². The summed E-state index contributed by atoms with van der Waals surface area (Å²) in [6.45, 7) is 1.41. The maximum absolute atomic E-state index is 12.8. The number of fused-ring (bicyclic) bond motifs is 1. The van der Waals surface area contributed by atoms with Crippen molar-refractivity contribution in [2.45, 2.75) is 50.5 Å². The van der Waals surface area contributed by atoms with E-state index in [1.165, 1.54) is 0 Å². The van der Waals surface area contributed by atoms with Gasteiger partial charge in [0.05, 0.1) is 0 Å². The number of hydrogen-bond donors (Lipinski definition) is 2. The van der Waals surface area contributed by atoms with Gasteiger partial charge in [-0.3, -0.25) is 9.59 Å². The number of oxazole rings is 1. The molecule has 0 atom stereocenters. The molecule has 1 aliphatic heterocycles. The van der Waals surface area contributed by atoms with E-state index in [-0.39, 0.29) is 11.8 Å². The van der Waals surface area contributed by atoms with Gasteiger partial charge in [0.1, 0.15) is 11.1 Å². The summed E-state index contributed by atoms with van der Waals surface area (Å²) in [5.74, 6) is -0.559. The molecule has 0 bridgehead atoms. The van der Waals surface area contributed by atoms with E-state index in [0.717, 1.165) is 30.4 Å². The van der Waals surface area contributed by atoms with E-state index in [2.05, 4.69) is 15.2 Å². The summed E-state index contributed by atoms with van der Waals surface area (Å²) in [6, 6.07) is 8.30. The first-order valence-corrected chi connectivity index (χ1v) is 9.80. The number of primary amides is 1. The number of hydrogen-bond acceptors (Lipinski definition) is 5. The molecule has 4 rings (SSSR count). The molecule has 27 heavy (non-hydrogen) atoms. The Morgan fingerprint density at radius 3 is 2.52 bits per heavy atom. The van der Waals surface area contributed by atoms with Crippen molar-refractivity contribution in [1.29, 1.82) is 0 Å². The molecular formula is C20H26N4O3. The van der Waals surface area contributed by atoms with Gasteiger partial charge in [0.25, 0.3) is 6.01 Å². The van der Waals surface area contributed by atoms with Crippen LogP contribution >= 0.6 is 0 Å². The maximum Gasteiger partial charge on any atom is 0.298 e. The normalized spacial score (nSPS) is 20.5. The number of carbonyl (C=O) groups is 2. The van der Waals surface area contributed by atoms with E-state index in [1.807, 2.05) is 24.3 Å².